The van der Waals surface area contributed by atoms with E-state index < -0.39 is 5.82 Å². The largest absolute Gasteiger partial charge is 0.494 e. The van der Waals surface area contributed by atoms with Gasteiger partial charge >= 0.3 is 0 Å². The number of benzene rings is 2. The molecule has 0 saturated carbocycles. The number of piperidine rings is 1. The number of amides is 1. The maximum Gasteiger partial charge on any atom is 0.243 e. The minimum absolute atomic E-state index is 0.0816. The molecule has 0 aromatic heterocycles. The average molecular weight is 455 g/mol. The van der Waals surface area contributed by atoms with E-state index in [1.165, 1.54) is 23.9 Å². The molecular weight excluding hydrogens is 423 g/mol. The van der Waals surface area contributed by atoms with Crippen LogP contribution in [0, 0.1) is 5.82 Å². The summed E-state index contributed by atoms with van der Waals surface area (Å²) in [7, 11) is 1.47. The van der Waals surface area contributed by atoms with Crippen molar-refractivity contribution < 1.29 is 13.9 Å². The maximum atomic E-state index is 14.7. The molecule has 8 nitrogen and oxygen atoms in total. The van der Waals surface area contributed by atoms with Gasteiger partial charge < -0.3 is 15.4 Å². The first-order valence-corrected chi connectivity index (χ1v) is 11.4. The molecule has 1 amide bonds. The van der Waals surface area contributed by atoms with Crippen LogP contribution in [0.25, 0.3) is 0 Å². The Morgan fingerprint density at radius 2 is 1.85 bits per heavy atom. The molecule has 176 valence electrons. The minimum Gasteiger partial charge on any atom is -0.494 e. The number of anilines is 2. The summed E-state index contributed by atoms with van der Waals surface area (Å²) in [6.45, 7) is 4.01. The summed E-state index contributed by atoms with van der Waals surface area (Å²) in [5, 5.41) is 1.29. The second-order valence-corrected chi connectivity index (χ2v) is 9.48. The Hall–Kier alpha value is -2.72. The first-order chi connectivity index (χ1) is 15.9. The number of halogens is 1. The van der Waals surface area contributed by atoms with Crippen LogP contribution < -0.4 is 36.7 Å². The average Bonchev–Trinajstić information content (AvgIpc) is 3.21. The van der Waals surface area contributed by atoms with E-state index in [0.717, 1.165) is 31.5 Å². The Morgan fingerprint density at radius 1 is 1.12 bits per heavy atom. The fourth-order valence-electron chi connectivity index (χ4n) is 4.98. The van der Waals surface area contributed by atoms with Crippen LogP contribution in [-0.4, -0.2) is 43.7 Å². The highest BCUT2D eigenvalue weighted by atomic mass is 19.1. The first kappa shape index (κ1) is 22.1. The summed E-state index contributed by atoms with van der Waals surface area (Å²) in [6, 6.07) is 12.7. The number of nitrogens with zero attached hydrogens (tertiary/aromatic N) is 2. The van der Waals surface area contributed by atoms with Crippen molar-refractivity contribution in [2.45, 2.75) is 49.9 Å². The van der Waals surface area contributed by atoms with Crippen LogP contribution in [0.5, 0.6) is 5.75 Å². The SMILES string of the molecule is COc1cccc(F)c1N1NC2C(CC1=O)NNC2c1ccc(N2CCC(C)(N)CC2)cc1. The van der Waals surface area contributed by atoms with Crippen molar-refractivity contribution in [3.05, 3.63) is 53.8 Å². The topological polar surface area (TPSA) is 94.9 Å². The monoisotopic (exact) mass is 454 g/mol. The summed E-state index contributed by atoms with van der Waals surface area (Å²) in [6.07, 6.45) is 2.18. The lowest BCUT2D eigenvalue weighted by Crippen LogP contribution is -2.60. The normalized spacial score (nSPS) is 26.9. The zero-order valence-electron chi connectivity index (χ0n) is 19.0. The van der Waals surface area contributed by atoms with Gasteiger partial charge in [-0.25, -0.2) is 20.3 Å². The molecule has 0 aliphatic carbocycles. The van der Waals surface area contributed by atoms with Crippen LogP contribution in [0.2, 0.25) is 0 Å². The third-order valence-electron chi connectivity index (χ3n) is 7.06. The number of nitrogens with two attached hydrogens (primary N) is 1. The number of hydrogen-bond donors (Lipinski definition) is 4. The molecule has 3 fully saturated rings. The van der Waals surface area contributed by atoms with Crippen molar-refractivity contribution in [1.29, 1.82) is 0 Å². The Labute approximate surface area is 193 Å². The van der Waals surface area contributed by atoms with Crippen LogP contribution in [0.15, 0.2) is 42.5 Å². The molecule has 2 aromatic rings. The van der Waals surface area contributed by atoms with Crippen molar-refractivity contribution >= 4 is 17.3 Å². The van der Waals surface area contributed by atoms with E-state index in [1.807, 2.05) is 0 Å². The van der Waals surface area contributed by atoms with Crippen LogP contribution in [0.4, 0.5) is 15.8 Å². The van der Waals surface area contributed by atoms with Gasteiger partial charge in [-0.3, -0.25) is 10.2 Å². The van der Waals surface area contributed by atoms with Gasteiger partial charge in [0.2, 0.25) is 5.91 Å². The highest BCUT2D eigenvalue weighted by Gasteiger charge is 2.45. The molecular formula is C24H31FN6O2. The van der Waals surface area contributed by atoms with Gasteiger partial charge in [0.05, 0.1) is 19.2 Å². The summed E-state index contributed by atoms with van der Waals surface area (Å²) in [5.41, 5.74) is 18.4. The molecule has 3 unspecified atom stereocenters. The van der Waals surface area contributed by atoms with Gasteiger partial charge in [-0.2, -0.15) is 0 Å². The number of methoxy groups -OCH3 is 1. The van der Waals surface area contributed by atoms with Crippen molar-refractivity contribution in [3.8, 4) is 5.75 Å². The molecule has 3 aliphatic heterocycles. The van der Waals surface area contributed by atoms with Gasteiger partial charge in [0, 0.05) is 36.8 Å². The molecule has 2 aromatic carbocycles. The summed E-state index contributed by atoms with van der Waals surface area (Å²) >= 11 is 0. The predicted molar refractivity (Wildman–Crippen MR) is 125 cm³/mol. The van der Waals surface area contributed by atoms with E-state index in [0.29, 0.717) is 5.75 Å². The van der Waals surface area contributed by atoms with Crippen molar-refractivity contribution in [2.24, 2.45) is 5.73 Å². The van der Waals surface area contributed by atoms with E-state index in [4.69, 9.17) is 10.5 Å². The lowest BCUT2D eigenvalue weighted by atomic mass is 9.90. The molecule has 5 rings (SSSR count). The number of fused-ring (bicyclic) bond motifs is 1. The second-order valence-electron chi connectivity index (χ2n) is 9.48. The molecule has 0 bridgehead atoms. The summed E-state index contributed by atoms with van der Waals surface area (Å²) in [4.78, 5) is 15.2. The number of rotatable bonds is 4. The van der Waals surface area contributed by atoms with E-state index in [2.05, 4.69) is 52.4 Å². The molecule has 3 atom stereocenters. The third-order valence-corrected chi connectivity index (χ3v) is 7.06. The Morgan fingerprint density at radius 3 is 2.55 bits per heavy atom. The lowest BCUT2D eigenvalue weighted by molar-refractivity contribution is -0.121. The smallest absolute Gasteiger partial charge is 0.243 e. The molecule has 0 spiro atoms. The lowest BCUT2D eigenvalue weighted by Gasteiger charge is -2.38. The Bertz CT molecular complexity index is 1020. The van der Waals surface area contributed by atoms with Gasteiger partial charge in [0.1, 0.15) is 11.4 Å². The zero-order chi connectivity index (χ0) is 23.2. The number of ether oxygens (including phenoxy) is 1. The Balaban J connectivity index is 1.34. The molecule has 3 aliphatic rings. The maximum absolute atomic E-state index is 14.7. The van der Waals surface area contributed by atoms with Crippen molar-refractivity contribution in [1.82, 2.24) is 16.3 Å². The number of nitrogens with one attached hydrogen (secondary N) is 3. The third kappa shape index (κ3) is 4.17. The van der Waals surface area contributed by atoms with Crippen molar-refractivity contribution in [2.75, 3.05) is 30.1 Å². The van der Waals surface area contributed by atoms with E-state index in [1.54, 1.807) is 12.1 Å². The number of para-hydroxylation sites is 1. The van der Waals surface area contributed by atoms with Gasteiger partial charge in [-0.1, -0.05) is 18.2 Å². The van der Waals surface area contributed by atoms with Gasteiger partial charge in [-0.05, 0) is 49.6 Å². The summed E-state index contributed by atoms with van der Waals surface area (Å²) in [5.74, 6) is -0.422. The second kappa shape index (κ2) is 8.57. The Kier molecular flexibility index (Phi) is 5.74. The minimum atomic E-state index is -0.511. The van der Waals surface area contributed by atoms with Crippen LogP contribution in [0.1, 0.15) is 37.8 Å². The summed E-state index contributed by atoms with van der Waals surface area (Å²) < 4.78 is 20.0. The fourth-order valence-corrected chi connectivity index (χ4v) is 4.98. The van der Waals surface area contributed by atoms with Crippen LogP contribution >= 0.6 is 0 Å². The molecule has 5 N–H and O–H groups in total. The van der Waals surface area contributed by atoms with Gasteiger partial charge in [0.15, 0.2) is 5.82 Å². The number of hydrazine groups is 2. The number of hydrogen-bond acceptors (Lipinski definition) is 7. The highest BCUT2D eigenvalue weighted by Crippen LogP contribution is 2.35. The van der Waals surface area contributed by atoms with E-state index in [9.17, 15) is 9.18 Å². The predicted octanol–water partition coefficient (Wildman–Crippen LogP) is 1.98. The number of carbonyl (C=O) groups excluding carboxylic acids is 1. The molecule has 3 heterocycles. The van der Waals surface area contributed by atoms with Gasteiger partial charge in [0.25, 0.3) is 0 Å². The zero-order valence-corrected chi connectivity index (χ0v) is 19.0. The van der Waals surface area contributed by atoms with Crippen molar-refractivity contribution in [3.63, 3.8) is 0 Å². The highest BCUT2D eigenvalue weighted by molar-refractivity contribution is 5.95. The van der Waals surface area contributed by atoms with E-state index >= 15 is 0 Å². The standard InChI is InChI=1S/C24H31FN6O2/c1-24(26)10-12-30(13-11-24)16-8-6-15(7-9-16)21-22-18(27-28-21)14-20(32)31(29-22)23-17(25)4-3-5-19(23)33-2/h3-9,18,21-22,27-29H,10-14,26H2,1-2H3. The van der Waals surface area contributed by atoms with Gasteiger partial charge in [-0.15, -0.1) is 0 Å². The number of carbonyl (C=O) groups is 1. The molecule has 0 radical (unpaired) electrons. The van der Waals surface area contributed by atoms with Crippen LogP contribution in [0.3, 0.4) is 0 Å². The molecule has 33 heavy (non-hydrogen) atoms. The van der Waals surface area contributed by atoms with E-state index in [-0.39, 0.29) is 41.7 Å². The molecule has 3 saturated heterocycles. The fraction of sp³-hybridized carbons (Fsp3) is 0.458. The van der Waals surface area contributed by atoms with Crippen LogP contribution in [-0.2, 0) is 4.79 Å². The molecule has 9 heteroatoms. The first-order valence-electron chi connectivity index (χ1n) is 11.4. The quantitative estimate of drug-likeness (QED) is 0.561.